The van der Waals surface area contributed by atoms with E-state index in [2.05, 4.69) is 21.2 Å². The molecule has 0 aliphatic rings. The molecule has 2 nitrogen and oxygen atoms in total. The predicted octanol–water partition coefficient (Wildman–Crippen LogP) is 3.88. The molecule has 0 bridgehead atoms. The van der Waals surface area contributed by atoms with Crippen molar-refractivity contribution < 1.29 is 4.42 Å². The fourth-order valence-corrected chi connectivity index (χ4v) is 2.47. The zero-order valence-corrected chi connectivity index (χ0v) is 10.9. The van der Waals surface area contributed by atoms with E-state index < -0.39 is 0 Å². The van der Waals surface area contributed by atoms with Crippen molar-refractivity contribution in [2.75, 3.05) is 7.05 Å². The van der Waals surface area contributed by atoms with Crippen molar-refractivity contribution in [3.63, 3.8) is 0 Å². The first-order chi connectivity index (χ1) is 7.13. The normalized spacial score (nSPS) is 11.2. The van der Waals surface area contributed by atoms with E-state index >= 15 is 0 Å². The highest BCUT2D eigenvalue weighted by molar-refractivity contribution is 9.10. The monoisotopic (exact) mass is 287 g/mol. The number of nitrogens with one attached hydrogen (secondary N) is 1. The maximum absolute atomic E-state index is 6.10. The van der Waals surface area contributed by atoms with Crippen LogP contribution in [0.15, 0.2) is 21.0 Å². The van der Waals surface area contributed by atoms with Gasteiger partial charge in [-0.1, -0.05) is 27.5 Å². The first-order valence-electron chi connectivity index (χ1n) is 4.65. The summed E-state index contributed by atoms with van der Waals surface area (Å²) in [5, 5.41) is 4.78. The number of hydrogen-bond donors (Lipinski definition) is 1. The molecule has 80 valence electrons. The Hall–Kier alpha value is -0.510. The van der Waals surface area contributed by atoms with E-state index in [-0.39, 0.29) is 0 Å². The number of furan rings is 1. The number of halogens is 2. The molecule has 15 heavy (non-hydrogen) atoms. The lowest BCUT2D eigenvalue weighted by molar-refractivity contribution is 0.527. The molecule has 1 N–H and O–H groups in total. The van der Waals surface area contributed by atoms with Gasteiger partial charge in [-0.25, -0.2) is 0 Å². The topological polar surface area (TPSA) is 25.2 Å². The highest BCUT2D eigenvalue weighted by Crippen LogP contribution is 2.33. The Morgan fingerprint density at radius 2 is 2.20 bits per heavy atom. The van der Waals surface area contributed by atoms with E-state index in [0.717, 1.165) is 26.8 Å². The summed E-state index contributed by atoms with van der Waals surface area (Å²) in [6, 6.07) is 3.87. The molecule has 1 aromatic carbocycles. The zero-order valence-electron chi connectivity index (χ0n) is 8.53. The quantitative estimate of drug-likeness (QED) is 0.907. The standard InChI is InChI=1S/C11H11BrClNO/c1-6-8-3-7(12)4-9(13)11(8)15-10(6)5-14-2/h3-4,14H,5H2,1-2H3. The first-order valence-corrected chi connectivity index (χ1v) is 5.82. The van der Waals surface area contributed by atoms with Crippen molar-refractivity contribution in [3.05, 3.63) is 33.0 Å². The van der Waals surface area contributed by atoms with Crippen LogP contribution in [0.5, 0.6) is 0 Å². The van der Waals surface area contributed by atoms with Gasteiger partial charge in [0.25, 0.3) is 0 Å². The number of hydrogen-bond acceptors (Lipinski definition) is 2. The molecule has 0 radical (unpaired) electrons. The average Bonchev–Trinajstić information content (AvgIpc) is 2.47. The molecule has 4 heteroatoms. The average molecular weight is 289 g/mol. The molecule has 0 spiro atoms. The molecular formula is C11H11BrClNO. The van der Waals surface area contributed by atoms with Crippen LogP contribution in [0.1, 0.15) is 11.3 Å². The molecule has 0 saturated heterocycles. The fraction of sp³-hybridized carbons (Fsp3) is 0.273. The van der Waals surface area contributed by atoms with Gasteiger partial charge in [0.1, 0.15) is 5.76 Å². The summed E-state index contributed by atoms with van der Waals surface area (Å²) in [5.41, 5.74) is 1.91. The zero-order chi connectivity index (χ0) is 11.0. The van der Waals surface area contributed by atoms with Crippen LogP contribution < -0.4 is 5.32 Å². The van der Waals surface area contributed by atoms with Gasteiger partial charge in [-0.2, -0.15) is 0 Å². The SMILES string of the molecule is CNCc1oc2c(Cl)cc(Br)cc2c1C. The van der Waals surface area contributed by atoms with Crippen LogP contribution in [0.3, 0.4) is 0 Å². The molecule has 0 aliphatic carbocycles. The maximum atomic E-state index is 6.10. The smallest absolute Gasteiger partial charge is 0.153 e. The Balaban J connectivity index is 2.70. The summed E-state index contributed by atoms with van der Waals surface area (Å²) in [7, 11) is 1.89. The number of rotatable bonds is 2. The highest BCUT2D eigenvalue weighted by atomic mass is 79.9. The van der Waals surface area contributed by atoms with E-state index in [1.54, 1.807) is 0 Å². The molecule has 2 rings (SSSR count). The Morgan fingerprint density at radius 1 is 1.47 bits per heavy atom. The summed E-state index contributed by atoms with van der Waals surface area (Å²) < 4.78 is 6.68. The Labute approximate surface area is 102 Å². The third-order valence-electron chi connectivity index (χ3n) is 2.39. The van der Waals surface area contributed by atoms with Crippen LogP contribution in [0.4, 0.5) is 0 Å². The number of fused-ring (bicyclic) bond motifs is 1. The molecule has 2 aromatic rings. The first kappa shape index (κ1) is 11.0. The highest BCUT2D eigenvalue weighted by Gasteiger charge is 2.12. The summed E-state index contributed by atoms with van der Waals surface area (Å²) in [6.45, 7) is 2.76. The second-order valence-electron chi connectivity index (χ2n) is 3.44. The van der Waals surface area contributed by atoms with Gasteiger partial charge in [0.2, 0.25) is 0 Å². The summed E-state index contributed by atoms with van der Waals surface area (Å²) >= 11 is 9.53. The molecule has 0 saturated carbocycles. The second-order valence-corrected chi connectivity index (χ2v) is 4.77. The lowest BCUT2D eigenvalue weighted by atomic mass is 10.1. The van der Waals surface area contributed by atoms with E-state index in [1.165, 1.54) is 0 Å². The van der Waals surface area contributed by atoms with Gasteiger partial charge in [0, 0.05) is 9.86 Å². The van der Waals surface area contributed by atoms with Crippen LogP contribution in [-0.4, -0.2) is 7.05 Å². The summed E-state index contributed by atoms with van der Waals surface area (Å²) in [6.07, 6.45) is 0. The molecule has 0 unspecified atom stereocenters. The van der Waals surface area contributed by atoms with Crippen molar-refractivity contribution >= 4 is 38.5 Å². The van der Waals surface area contributed by atoms with E-state index in [4.69, 9.17) is 16.0 Å². The predicted molar refractivity (Wildman–Crippen MR) is 66.4 cm³/mol. The van der Waals surface area contributed by atoms with Gasteiger partial charge in [0.15, 0.2) is 5.58 Å². The van der Waals surface area contributed by atoms with Crippen molar-refractivity contribution in [2.24, 2.45) is 0 Å². The molecule has 1 heterocycles. The van der Waals surface area contributed by atoms with Crippen molar-refractivity contribution in [2.45, 2.75) is 13.5 Å². The molecule has 0 atom stereocenters. The minimum Gasteiger partial charge on any atom is -0.458 e. The van der Waals surface area contributed by atoms with Crippen molar-refractivity contribution in [1.29, 1.82) is 0 Å². The second kappa shape index (κ2) is 4.16. The molecule has 0 amide bonds. The van der Waals surface area contributed by atoms with Crippen LogP contribution in [0.2, 0.25) is 5.02 Å². The lowest BCUT2D eigenvalue weighted by Gasteiger charge is -1.94. The van der Waals surface area contributed by atoms with Crippen LogP contribution in [0, 0.1) is 6.92 Å². The van der Waals surface area contributed by atoms with Gasteiger partial charge in [-0.05, 0) is 31.7 Å². The molecule has 1 aromatic heterocycles. The van der Waals surface area contributed by atoms with Crippen molar-refractivity contribution in [3.8, 4) is 0 Å². The Bertz CT molecular complexity index is 507. The lowest BCUT2D eigenvalue weighted by Crippen LogP contribution is -2.04. The third-order valence-corrected chi connectivity index (χ3v) is 3.13. The Morgan fingerprint density at radius 3 is 2.87 bits per heavy atom. The fourth-order valence-electron chi connectivity index (χ4n) is 1.62. The molecular weight excluding hydrogens is 277 g/mol. The largest absolute Gasteiger partial charge is 0.458 e. The minimum absolute atomic E-state index is 0.643. The maximum Gasteiger partial charge on any atom is 0.153 e. The minimum atomic E-state index is 0.643. The van der Waals surface area contributed by atoms with E-state index in [0.29, 0.717) is 11.6 Å². The number of benzene rings is 1. The van der Waals surface area contributed by atoms with Crippen LogP contribution in [0.25, 0.3) is 11.0 Å². The number of aryl methyl sites for hydroxylation is 1. The van der Waals surface area contributed by atoms with Gasteiger partial charge < -0.3 is 9.73 Å². The Kier molecular flexibility index (Phi) is 3.05. The van der Waals surface area contributed by atoms with Crippen LogP contribution in [-0.2, 0) is 6.54 Å². The summed E-state index contributed by atoms with van der Waals surface area (Å²) in [4.78, 5) is 0. The van der Waals surface area contributed by atoms with Crippen molar-refractivity contribution in [1.82, 2.24) is 5.32 Å². The van der Waals surface area contributed by atoms with E-state index in [1.807, 2.05) is 26.1 Å². The molecule has 0 aliphatic heterocycles. The van der Waals surface area contributed by atoms with E-state index in [9.17, 15) is 0 Å². The van der Waals surface area contributed by atoms with Gasteiger partial charge >= 0.3 is 0 Å². The van der Waals surface area contributed by atoms with Gasteiger partial charge in [-0.3, -0.25) is 0 Å². The summed E-state index contributed by atoms with van der Waals surface area (Å²) in [5.74, 6) is 0.938. The van der Waals surface area contributed by atoms with Gasteiger partial charge in [0.05, 0.1) is 11.6 Å². The molecule has 0 fully saturated rings. The third kappa shape index (κ3) is 1.92. The van der Waals surface area contributed by atoms with Gasteiger partial charge in [-0.15, -0.1) is 0 Å². The van der Waals surface area contributed by atoms with Crippen LogP contribution >= 0.6 is 27.5 Å².